The Labute approximate surface area is 80.4 Å². The van der Waals surface area contributed by atoms with E-state index in [2.05, 4.69) is 10.4 Å². The summed E-state index contributed by atoms with van der Waals surface area (Å²) in [4.78, 5) is 5.00. The van der Waals surface area contributed by atoms with Crippen LogP contribution in [0.3, 0.4) is 0 Å². The molecule has 0 aliphatic carbocycles. The number of nitrogen functional groups attached to an aromatic ring is 1. The van der Waals surface area contributed by atoms with Crippen molar-refractivity contribution in [1.29, 1.82) is 4.78 Å². The number of anilines is 1. The SMILES string of the molecule is CC(C)[S@](=N)c1ccc(NN)nc1. The lowest BCUT2D eigenvalue weighted by Gasteiger charge is -2.08. The Morgan fingerprint density at radius 3 is 2.62 bits per heavy atom. The van der Waals surface area contributed by atoms with Crippen LogP contribution in [0.4, 0.5) is 5.82 Å². The Hall–Kier alpha value is -0.940. The monoisotopic (exact) mass is 198 g/mol. The lowest BCUT2D eigenvalue weighted by molar-refractivity contribution is 1.08. The highest BCUT2D eigenvalue weighted by molar-refractivity contribution is 7.86. The van der Waals surface area contributed by atoms with Crippen LogP contribution in [0.1, 0.15) is 13.8 Å². The van der Waals surface area contributed by atoms with Gasteiger partial charge in [-0.3, -0.25) is 4.78 Å². The summed E-state index contributed by atoms with van der Waals surface area (Å²) < 4.78 is 7.83. The lowest BCUT2D eigenvalue weighted by atomic mass is 10.5. The van der Waals surface area contributed by atoms with E-state index in [0.717, 1.165) is 4.90 Å². The summed E-state index contributed by atoms with van der Waals surface area (Å²) in [6.07, 6.45) is 1.70. The van der Waals surface area contributed by atoms with Gasteiger partial charge in [-0.05, 0) is 12.1 Å². The molecule has 1 heterocycles. The first-order valence-corrected chi connectivity index (χ1v) is 5.31. The maximum atomic E-state index is 7.83. The largest absolute Gasteiger partial charge is 0.308 e. The van der Waals surface area contributed by atoms with E-state index in [4.69, 9.17) is 10.6 Å². The molecule has 0 amide bonds. The van der Waals surface area contributed by atoms with Gasteiger partial charge in [0.05, 0.1) is 0 Å². The number of pyridine rings is 1. The van der Waals surface area contributed by atoms with Gasteiger partial charge in [0.2, 0.25) is 0 Å². The first-order chi connectivity index (χ1) is 6.15. The normalized spacial score (nSPS) is 12.9. The molecule has 1 aromatic rings. The zero-order valence-corrected chi connectivity index (χ0v) is 8.56. The molecule has 0 fully saturated rings. The molecule has 0 radical (unpaired) electrons. The van der Waals surface area contributed by atoms with Crippen LogP contribution in [0.15, 0.2) is 23.2 Å². The lowest BCUT2D eigenvalue weighted by Crippen LogP contribution is -2.09. The van der Waals surface area contributed by atoms with Crippen molar-refractivity contribution in [3.8, 4) is 0 Å². The van der Waals surface area contributed by atoms with Crippen LogP contribution in [-0.2, 0) is 10.7 Å². The predicted molar refractivity (Wildman–Crippen MR) is 55.5 cm³/mol. The third kappa shape index (κ3) is 2.50. The fourth-order valence-corrected chi connectivity index (χ4v) is 1.79. The number of nitrogens with two attached hydrogens (primary N) is 1. The average molecular weight is 198 g/mol. The van der Waals surface area contributed by atoms with Crippen molar-refractivity contribution in [2.24, 2.45) is 5.84 Å². The van der Waals surface area contributed by atoms with E-state index in [1.165, 1.54) is 0 Å². The van der Waals surface area contributed by atoms with Crippen molar-refractivity contribution in [2.45, 2.75) is 24.0 Å². The molecule has 0 aromatic carbocycles. The van der Waals surface area contributed by atoms with E-state index in [9.17, 15) is 0 Å². The van der Waals surface area contributed by atoms with Crippen molar-refractivity contribution >= 4 is 16.5 Å². The second-order valence-corrected chi connectivity index (χ2v) is 5.00. The first kappa shape index (κ1) is 10.1. The van der Waals surface area contributed by atoms with Crippen LogP contribution >= 0.6 is 0 Å². The van der Waals surface area contributed by atoms with Gasteiger partial charge in [-0.1, -0.05) is 24.5 Å². The topological polar surface area (TPSA) is 74.8 Å². The molecule has 1 atom stereocenters. The van der Waals surface area contributed by atoms with E-state index in [-0.39, 0.29) is 0 Å². The molecule has 0 aliphatic heterocycles. The van der Waals surface area contributed by atoms with Gasteiger partial charge in [-0.15, -0.1) is 0 Å². The quantitative estimate of drug-likeness (QED) is 0.509. The zero-order valence-electron chi connectivity index (χ0n) is 7.74. The van der Waals surface area contributed by atoms with Crippen molar-refractivity contribution in [2.75, 3.05) is 5.43 Å². The molecule has 0 aliphatic rings. The maximum Gasteiger partial charge on any atom is 0.139 e. The summed E-state index contributed by atoms with van der Waals surface area (Å²) in [5.74, 6) is 5.81. The fraction of sp³-hybridized carbons (Fsp3) is 0.375. The summed E-state index contributed by atoms with van der Waals surface area (Å²) in [7, 11) is -0.476. The number of nitrogens with zero attached hydrogens (tertiary/aromatic N) is 1. The highest BCUT2D eigenvalue weighted by Crippen LogP contribution is 2.12. The molecule has 0 unspecified atom stereocenters. The van der Waals surface area contributed by atoms with Gasteiger partial charge in [0.15, 0.2) is 0 Å². The molecule has 0 bridgehead atoms. The minimum atomic E-state index is -0.476. The maximum absolute atomic E-state index is 7.83. The van der Waals surface area contributed by atoms with Crippen LogP contribution in [0, 0.1) is 4.78 Å². The van der Waals surface area contributed by atoms with Crippen LogP contribution in [0.25, 0.3) is 0 Å². The van der Waals surface area contributed by atoms with E-state index >= 15 is 0 Å². The van der Waals surface area contributed by atoms with Crippen LogP contribution in [0.2, 0.25) is 0 Å². The zero-order chi connectivity index (χ0) is 9.84. The number of hydrogen-bond acceptors (Lipinski definition) is 4. The third-order valence-corrected chi connectivity index (χ3v) is 3.30. The van der Waals surface area contributed by atoms with Crippen molar-refractivity contribution in [3.63, 3.8) is 0 Å². The van der Waals surface area contributed by atoms with Gasteiger partial charge in [0, 0.05) is 16.3 Å². The second kappa shape index (κ2) is 4.34. The Kier molecular flexibility index (Phi) is 3.39. The predicted octanol–water partition coefficient (Wildman–Crippen LogP) is 1.52. The Morgan fingerprint density at radius 1 is 1.54 bits per heavy atom. The van der Waals surface area contributed by atoms with Crippen molar-refractivity contribution in [1.82, 2.24) is 4.98 Å². The van der Waals surface area contributed by atoms with Gasteiger partial charge in [0.1, 0.15) is 5.82 Å². The minimum absolute atomic E-state index is 0.332. The van der Waals surface area contributed by atoms with Gasteiger partial charge >= 0.3 is 0 Å². The highest BCUT2D eigenvalue weighted by atomic mass is 32.2. The molecule has 0 spiro atoms. The second-order valence-electron chi connectivity index (χ2n) is 2.91. The molecule has 1 rings (SSSR count). The molecule has 4 nitrogen and oxygen atoms in total. The molecule has 5 heteroatoms. The number of rotatable bonds is 3. The van der Waals surface area contributed by atoms with Gasteiger partial charge in [-0.25, -0.2) is 10.8 Å². The molecule has 4 N–H and O–H groups in total. The number of nitrogens with one attached hydrogen (secondary N) is 2. The Morgan fingerprint density at radius 2 is 2.23 bits per heavy atom. The van der Waals surface area contributed by atoms with E-state index < -0.39 is 10.7 Å². The number of hydrogen-bond donors (Lipinski definition) is 3. The smallest absolute Gasteiger partial charge is 0.139 e. The van der Waals surface area contributed by atoms with E-state index in [1.807, 2.05) is 19.9 Å². The van der Waals surface area contributed by atoms with Crippen LogP contribution < -0.4 is 11.3 Å². The summed E-state index contributed by atoms with van der Waals surface area (Å²) >= 11 is 0. The number of hydrazine groups is 1. The minimum Gasteiger partial charge on any atom is -0.308 e. The van der Waals surface area contributed by atoms with Gasteiger partial charge in [0.25, 0.3) is 0 Å². The van der Waals surface area contributed by atoms with Crippen molar-refractivity contribution < 1.29 is 0 Å². The van der Waals surface area contributed by atoms with Crippen LogP contribution in [0.5, 0.6) is 0 Å². The fourth-order valence-electron chi connectivity index (χ4n) is 0.868. The number of aromatic nitrogens is 1. The standard InChI is InChI=1S/C8H14N4S/c1-6(2)13(10)7-3-4-8(12-9)11-5-7/h3-6,10H,9H2,1-2H3,(H,11,12)/t13-/m0/s1. The van der Waals surface area contributed by atoms with Gasteiger partial charge in [-0.2, -0.15) is 0 Å². The molecular formula is C8H14N4S. The van der Waals surface area contributed by atoms with Gasteiger partial charge < -0.3 is 5.43 Å². The summed E-state index contributed by atoms with van der Waals surface area (Å²) in [5.41, 5.74) is 2.45. The molecule has 72 valence electrons. The molecule has 13 heavy (non-hydrogen) atoms. The van der Waals surface area contributed by atoms with Crippen molar-refractivity contribution in [3.05, 3.63) is 18.3 Å². The molecule has 0 saturated carbocycles. The third-order valence-electron chi connectivity index (χ3n) is 1.61. The van der Waals surface area contributed by atoms with E-state index in [1.54, 1.807) is 12.3 Å². The molecule has 1 aromatic heterocycles. The Bertz CT molecular complexity index is 294. The van der Waals surface area contributed by atoms with Crippen LogP contribution in [-0.4, -0.2) is 10.2 Å². The molecule has 0 saturated heterocycles. The average Bonchev–Trinajstić information content (AvgIpc) is 2.17. The van der Waals surface area contributed by atoms with E-state index in [0.29, 0.717) is 11.1 Å². The Balaban J connectivity index is 2.86. The summed E-state index contributed by atoms with van der Waals surface area (Å²) in [6.45, 7) is 4.07. The molecular weight excluding hydrogens is 184 g/mol. The summed E-state index contributed by atoms with van der Waals surface area (Å²) in [6, 6.07) is 3.67. The first-order valence-electron chi connectivity index (χ1n) is 4.02. The highest BCUT2D eigenvalue weighted by Gasteiger charge is 2.03. The summed E-state index contributed by atoms with van der Waals surface area (Å²) in [5, 5.41) is 0.332.